The zero-order valence-electron chi connectivity index (χ0n) is 16.2. The minimum atomic E-state index is -1.12. The average molecular weight is 372 g/mol. The van der Waals surface area contributed by atoms with Crippen molar-refractivity contribution in [1.29, 1.82) is 0 Å². The molecule has 1 aromatic carbocycles. The summed E-state index contributed by atoms with van der Waals surface area (Å²) in [4.78, 5) is 21.1. The molecule has 0 aliphatic rings. The maximum Gasteiger partial charge on any atom is 0.335 e. The molecule has 2 aromatic rings. The van der Waals surface area contributed by atoms with E-state index in [0.717, 1.165) is 6.07 Å². The summed E-state index contributed by atoms with van der Waals surface area (Å²) in [6, 6.07) is 10.3. The molecule has 0 aliphatic carbocycles. The fourth-order valence-electron chi connectivity index (χ4n) is 2.64. The molecule has 0 amide bonds. The van der Waals surface area contributed by atoms with Crippen LogP contribution in [0.5, 0.6) is 0 Å². The van der Waals surface area contributed by atoms with Crippen molar-refractivity contribution in [2.75, 3.05) is 0 Å². The first-order valence-electron chi connectivity index (χ1n) is 9.47. The molecular weight excluding hydrogens is 342 g/mol. The third kappa shape index (κ3) is 8.99. The lowest BCUT2D eigenvalue weighted by atomic mass is 10.1. The highest BCUT2D eigenvalue weighted by molar-refractivity contribution is 5.94. The van der Waals surface area contributed by atoms with Crippen LogP contribution in [0.1, 0.15) is 71.7 Å². The minimum absolute atomic E-state index is 0.0111. The monoisotopic (exact) mass is 372 g/mol. The molecule has 0 bridgehead atoms. The van der Waals surface area contributed by atoms with Crippen molar-refractivity contribution in [2.45, 2.75) is 58.9 Å². The highest BCUT2D eigenvalue weighted by atomic mass is 16.4. The van der Waals surface area contributed by atoms with Gasteiger partial charge in [0.2, 0.25) is 0 Å². The molecule has 0 radical (unpaired) electrons. The van der Waals surface area contributed by atoms with Crippen LogP contribution < -0.4 is 4.57 Å². The standard InChI is InChI=1S/C13H22N.C9H8O4/c1-2-3-4-5-6-8-11-14-12-9-7-10-13-14;1-5-2-3-6(8(10)11)4-7(5)9(12)13/h7,9-10,12-13H,2-6,8,11H2,1H3;2-4H,1H3,(H,10,11)(H,12,13)/q+1;. The van der Waals surface area contributed by atoms with E-state index in [1.807, 2.05) is 0 Å². The van der Waals surface area contributed by atoms with Crippen molar-refractivity contribution in [2.24, 2.45) is 0 Å². The second-order valence-electron chi connectivity index (χ2n) is 6.52. The van der Waals surface area contributed by atoms with Crippen LogP contribution in [0.2, 0.25) is 0 Å². The van der Waals surface area contributed by atoms with E-state index in [1.54, 1.807) is 6.92 Å². The van der Waals surface area contributed by atoms with E-state index in [0.29, 0.717) is 5.56 Å². The lowest BCUT2D eigenvalue weighted by molar-refractivity contribution is -0.697. The Labute approximate surface area is 161 Å². The highest BCUT2D eigenvalue weighted by Crippen LogP contribution is 2.11. The second-order valence-corrected chi connectivity index (χ2v) is 6.52. The maximum atomic E-state index is 10.6. The number of aryl methyl sites for hydroxylation is 2. The molecule has 0 spiro atoms. The first kappa shape index (κ1) is 22.4. The fraction of sp³-hybridized carbons (Fsp3) is 0.409. The van der Waals surface area contributed by atoms with Gasteiger partial charge in [-0.3, -0.25) is 0 Å². The molecule has 0 saturated carbocycles. The Balaban J connectivity index is 0.000000271. The van der Waals surface area contributed by atoms with Crippen LogP contribution >= 0.6 is 0 Å². The van der Waals surface area contributed by atoms with Gasteiger partial charge < -0.3 is 10.2 Å². The summed E-state index contributed by atoms with van der Waals surface area (Å²) >= 11 is 0. The van der Waals surface area contributed by atoms with Gasteiger partial charge in [0.1, 0.15) is 6.54 Å². The third-order valence-corrected chi connectivity index (χ3v) is 4.26. The maximum absolute atomic E-state index is 10.6. The van der Waals surface area contributed by atoms with Crippen LogP contribution in [0.25, 0.3) is 0 Å². The summed E-state index contributed by atoms with van der Waals surface area (Å²) in [7, 11) is 0. The first-order valence-corrected chi connectivity index (χ1v) is 9.47. The Kier molecular flexibility index (Phi) is 10.5. The SMILES string of the molecule is CCCCCCCC[n+]1ccccc1.Cc1ccc(C(=O)O)cc1C(=O)O. The zero-order valence-corrected chi connectivity index (χ0v) is 16.2. The van der Waals surface area contributed by atoms with Gasteiger partial charge >= 0.3 is 11.9 Å². The van der Waals surface area contributed by atoms with Gasteiger partial charge in [0, 0.05) is 18.6 Å². The number of carboxylic acids is 2. The van der Waals surface area contributed by atoms with Gasteiger partial charge in [0.05, 0.1) is 11.1 Å². The van der Waals surface area contributed by atoms with E-state index < -0.39 is 11.9 Å². The number of pyridine rings is 1. The van der Waals surface area contributed by atoms with E-state index in [1.165, 1.54) is 57.2 Å². The minimum Gasteiger partial charge on any atom is -0.478 e. The molecule has 2 rings (SSSR count). The fourth-order valence-corrected chi connectivity index (χ4v) is 2.64. The van der Waals surface area contributed by atoms with Crippen molar-refractivity contribution < 1.29 is 24.4 Å². The quantitative estimate of drug-likeness (QED) is 0.493. The van der Waals surface area contributed by atoms with Gasteiger partial charge in [0.15, 0.2) is 12.4 Å². The Hall–Kier alpha value is -2.69. The van der Waals surface area contributed by atoms with E-state index in [-0.39, 0.29) is 11.1 Å². The number of hydrogen-bond donors (Lipinski definition) is 2. The Bertz CT molecular complexity index is 714. The van der Waals surface area contributed by atoms with Crippen molar-refractivity contribution in [3.8, 4) is 0 Å². The number of aromatic nitrogens is 1. The molecule has 0 atom stereocenters. The molecule has 5 nitrogen and oxygen atoms in total. The number of unbranched alkanes of at least 4 members (excludes halogenated alkanes) is 5. The van der Waals surface area contributed by atoms with Gasteiger partial charge in [-0.15, -0.1) is 0 Å². The van der Waals surface area contributed by atoms with Crippen LogP contribution in [-0.2, 0) is 6.54 Å². The molecule has 1 aromatic heterocycles. The van der Waals surface area contributed by atoms with E-state index in [9.17, 15) is 9.59 Å². The number of carbonyl (C=O) groups is 2. The summed E-state index contributed by atoms with van der Waals surface area (Å²) in [5.41, 5.74) is 0.570. The average Bonchev–Trinajstić information content (AvgIpc) is 2.66. The zero-order chi connectivity index (χ0) is 20.1. The number of nitrogens with zero attached hydrogens (tertiary/aromatic N) is 1. The molecule has 2 N–H and O–H groups in total. The molecule has 5 heteroatoms. The molecule has 146 valence electrons. The second kappa shape index (κ2) is 12.6. The molecule has 27 heavy (non-hydrogen) atoms. The predicted octanol–water partition coefficient (Wildman–Crippen LogP) is 4.73. The lowest BCUT2D eigenvalue weighted by Gasteiger charge is -2.01. The normalized spacial score (nSPS) is 10.0. The predicted molar refractivity (Wildman–Crippen MR) is 105 cm³/mol. The lowest BCUT2D eigenvalue weighted by Crippen LogP contribution is -2.32. The van der Waals surface area contributed by atoms with E-state index in [2.05, 4.69) is 42.1 Å². The number of rotatable bonds is 9. The van der Waals surface area contributed by atoms with Crippen molar-refractivity contribution in [1.82, 2.24) is 0 Å². The Morgan fingerprint density at radius 2 is 1.52 bits per heavy atom. The highest BCUT2D eigenvalue weighted by Gasteiger charge is 2.10. The van der Waals surface area contributed by atoms with Crippen molar-refractivity contribution in [3.05, 3.63) is 65.5 Å². The molecule has 1 heterocycles. The summed E-state index contributed by atoms with van der Waals surface area (Å²) in [6.45, 7) is 5.06. The van der Waals surface area contributed by atoms with E-state index >= 15 is 0 Å². The van der Waals surface area contributed by atoms with Gasteiger partial charge in [-0.05, 0) is 31.0 Å². The number of carboxylic acid groups (broad SMARTS) is 2. The first-order chi connectivity index (χ1) is 13.0. The van der Waals surface area contributed by atoms with Crippen LogP contribution in [0.4, 0.5) is 0 Å². The summed E-state index contributed by atoms with van der Waals surface area (Å²) in [5.74, 6) is -2.23. The van der Waals surface area contributed by atoms with Crippen molar-refractivity contribution >= 4 is 11.9 Å². The Morgan fingerprint density at radius 1 is 0.889 bits per heavy atom. The largest absolute Gasteiger partial charge is 0.478 e. The van der Waals surface area contributed by atoms with E-state index in [4.69, 9.17) is 10.2 Å². The topological polar surface area (TPSA) is 78.5 Å². The van der Waals surface area contributed by atoms with Gasteiger partial charge in [-0.25, -0.2) is 14.2 Å². The van der Waals surface area contributed by atoms with Gasteiger partial charge in [-0.2, -0.15) is 0 Å². The summed E-state index contributed by atoms with van der Waals surface area (Å²) in [6.07, 6.45) is 12.5. The summed E-state index contributed by atoms with van der Waals surface area (Å²) < 4.78 is 2.26. The molecule has 0 saturated heterocycles. The van der Waals surface area contributed by atoms with Gasteiger partial charge in [0.25, 0.3) is 0 Å². The van der Waals surface area contributed by atoms with Crippen molar-refractivity contribution in [3.63, 3.8) is 0 Å². The number of hydrogen-bond acceptors (Lipinski definition) is 2. The van der Waals surface area contributed by atoms with Crippen LogP contribution in [0.3, 0.4) is 0 Å². The molecule has 0 unspecified atom stereocenters. The van der Waals surface area contributed by atoms with Gasteiger partial charge in [-0.1, -0.05) is 44.7 Å². The number of benzene rings is 1. The molecule has 0 fully saturated rings. The molecule has 0 aliphatic heterocycles. The summed E-state index contributed by atoms with van der Waals surface area (Å²) in [5, 5.41) is 17.3. The number of aromatic carboxylic acids is 2. The van der Waals surface area contributed by atoms with Crippen LogP contribution in [0.15, 0.2) is 48.8 Å². The molecular formula is C22H30NO4+. The van der Waals surface area contributed by atoms with Crippen LogP contribution in [0, 0.1) is 6.92 Å². The smallest absolute Gasteiger partial charge is 0.335 e. The Morgan fingerprint density at radius 3 is 2.11 bits per heavy atom. The van der Waals surface area contributed by atoms with Crippen LogP contribution in [-0.4, -0.2) is 22.2 Å². The third-order valence-electron chi connectivity index (χ3n) is 4.26.